The van der Waals surface area contributed by atoms with Crippen LogP contribution in [0.5, 0.6) is 0 Å². The molecule has 0 aliphatic carbocycles. The molecule has 0 amide bonds. The zero-order valence-corrected chi connectivity index (χ0v) is 13.2. The summed E-state index contributed by atoms with van der Waals surface area (Å²) in [5.74, 6) is -3.51. The van der Waals surface area contributed by atoms with Crippen LogP contribution < -0.4 is 68.9 Å². The van der Waals surface area contributed by atoms with E-state index in [0.717, 1.165) is 0 Å². The van der Waals surface area contributed by atoms with Gasteiger partial charge in [0.25, 0.3) is 0 Å². The number of carbonyl (C=O) groups excluding carboxylic acids is 1. The summed E-state index contributed by atoms with van der Waals surface area (Å²) in [6.07, 6.45) is -1.60. The van der Waals surface area contributed by atoms with Crippen molar-refractivity contribution in [3.05, 3.63) is 0 Å². The summed E-state index contributed by atoms with van der Waals surface area (Å²) in [4.78, 5) is 30.3. The van der Waals surface area contributed by atoms with Crippen LogP contribution in [0.4, 0.5) is 0 Å². The predicted octanol–water partition coefficient (Wildman–Crippen LogP) is -8.58. The molecule has 3 atom stereocenters. The van der Waals surface area contributed by atoms with Crippen molar-refractivity contribution < 1.29 is 88.5 Å². The molecule has 0 aliphatic heterocycles. The Kier molecular flexibility index (Phi) is 13.3. The van der Waals surface area contributed by atoms with Crippen LogP contribution in [0.15, 0.2) is 0 Å². The van der Waals surface area contributed by atoms with Gasteiger partial charge >= 0.3 is 59.1 Å². The molecule has 0 aromatic carbocycles. The SMILES string of the molecule is CC(C=O)C(O)C(O)P(=O)([O-])[O-].[Na+].[Na+]. The Balaban J connectivity index is -0.000000605. The second-order valence-electron chi connectivity index (χ2n) is 2.44. The van der Waals surface area contributed by atoms with E-state index in [1.807, 2.05) is 0 Å². The van der Waals surface area contributed by atoms with E-state index >= 15 is 0 Å². The van der Waals surface area contributed by atoms with Crippen molar-refractivity contribution >= 4 is 13.9 Å². The monoisotopic (exact) mass is 242 g/mol. The maximum absolute atomic E-state index is 10.1. The first-order chi connectivity index (χ1) is 5.30. The van der Waals surface area contributed by atoms with E-state index in [4.69, 9.17) is 10.2 Å². The second kappa shape index (κ2) is 8.84. The average Bonchev–Trinajstić information content (AvgIpc) is 1.98. The Morgan fingerprint density at radius 2 is 1.64 bits per heavy atom. The Hall–Kier alpha value is 1.74. The Labute approximate surface area is 126 Å². The van der Waals surface area contributed by atoms with E-state index in [0.29, 0.717) is 0 Å². The van der Waals surface area contributed by atoms with Crippen LogP contribution in [0.3, 0.4) is 0 Å². The van der Waals surface area contributed by atoms with Gasteiger partial charge in [-0.25, -0.2) is 0 Å². The van der Waals surface area contributed by atoms with Crippen LogP contribution in [-0.4, -0.2) is 28.4 Å². The summed E-state index contributed by atoms with van der Waals surface area (Å²) in [5.41, 5.74) is 0. The standard InChI is InChI=1S/C5H11O6P.2Na/c1-3(2-6)4(7)5(8)12(9,10)11;;/h2-5,7-8H,1H3,(H2,9,10,11);;/q;2*+1/p-2. The molecule has 0 radical (unpaired) electrons. The topological polar surface area (TPSA) is 121 Å². The summed E-state index contributed by atoms with van der Waals surface area (Å²) >= 11 is 0. The number of hydrogen-bond acceptors (Lipinski definition) is 6. The van der Waals surface area contributed by atoms with Gasteiger partial charge in [0, 0.05) is 5.92 Å². The molecule has 3 unspecified atom stereocenters. The largest absolute Gasteiger partial charge is 1.00 e. The molecule has 0 saturated carbocycles. The third kappa shape index (κ3) is 7.09. The van der Waals surface area contributed by atoms with Crippen LogP contribution in [0.1, 0.15) is 6.92 Å². The molecule has 0 aromatic rings. The van der Waals surface area contributed by atoms with Crippen molar-refractivity contribution in [2.45, 2.75) is 18.9 Å². The number of rotatable bonds is 4. The van der Waals surface area contributed by atoms with E-state index in [9.17, 15) is 19.1 Å². The van der Waals surface area contributed by atoms with Crippen LogP contribution in [0, 0.1) is 5.92 Å². The van der Waals surface area contributed by atoms with Crippen LogP contribution in [-0.2, 0) is 9.36 Å². The molecule has 0 aliphatic rings. The first-order valence-electron chi connectivity index (χ1n) is 3.14. The quantitative estimate of drug-likeness (QED) is 0.287. The van der Waals surface area contributed by atoms with Gasteiger partial charge in [0.05, 0.1) is 6.10 Å². The molecule has 72 valence electrons. The molecule has 0 spiro atoms. The first kappa shape index (κ1) is 21.1. The molecule has 0 aromatic heterocycles. The number of aldehydes is 1. The van der Waals surface area contributed by atoms with Crippen LogP contribution in [0.25, 0.3) is 0 Å². The van der Waals surface area contributed by atoms with Crippen molar-refractivity contribution in [1.82, 2.24) is 0 Å². The van der Waals surface area contributed by atoms with Crippen molar-refractivity contribution in [2.75, 3.05) is 0 Å². The van der Waals surface area contributed by atoms with Gasteiger partial charge in [-0.2, -0.15) is 0 Å². The Bertz CT molecular complexity index is 206. The summed E-state index contributed by atoms with van der Waals surface area (Å²) in [5, 5.41) is 17.5. The minimum atomic E-state index is -5.23. The third-order valence-corrected chi connectivity index (χ3v) is 2.34. The third-order valence-electron chi connectivity index (χ3n) is 1.38. The van der Waals surface area contributed by atoms with Gasteiger partial charge in [0.2, 0.25) is 0 Å². The summed E-state index contributed by atoms with van der Waals surface area (Å²) < 4.78 is 10.1. The van der Waals surface area contributed by atoms with Crippen LogP contribution in [0.2, 0.25) is 0 Å². The molecule has 0 bridgehead atoms. The molecule has 0 rings (SSSR count). The van der Waals surface area contributed by atoms with Gasteiger partial charge in [0.1, 0.15) is 12.1 Å². The fourth-order valence-electron chi connectivity index (χ4n) is 0.539. The smallest absolute Gasteiger partial charge is 0.809 e. The molecule has 14 heavy (non-hydrogen) atoms. The first-order valence-corrected chi connectivity index (χ1v) is 4.75. The molecule has 6 nitrogen and oxygen atoms in total. The van der Waals surface area contributed by atoms with Gasteiger partial charge in [-0.1, -0.05) is 6.92 Å². The summed E-state index contributed by atoms with van der Waals surface area (Å²) in [7, 11) is -5.23. The fourth-order valence-corrected chi connectivity index (χ4v) is 1.18. The van der Waals surface area contributed by atoms with Crippen molar-refractivity contribution in [2.24, 2.45) is 5.92 Å². The molecule has 0 heterocycles. The normalized spacial score (nSPS) is 16.9. The minimum Gasteiger partial charge on any atom is -0.809 e. The number of hydrogen-bond donors (Lipinski definition) is 2. The van der Waals surface area contributed by atoms with Gasteiger partial charge in [-0.3, -0.25) is 0 Å². The molecular formula is C5H9Na2O6P. The zero-order chi connectivity index (χ0) is 9.94. The maximum atomic E-state index is 10.1. The molecule has 9 heteroatoms. The van der Waals surface area contributed by atoms with E-state index < -0.39 is 25.5 Å². The number of carbonyl (C=O) groups is 1. The van der Waals surface area contributed by atoms with Crippen molar-refractivity contribution in [3.63, 3.8) is 0 Å². The van der Waals surface area contributed by atoms with E-state index in [-0.39, 0.29) is 65.4 Å². The molecular weight excluding hydrogens is 233 g/mol. The molecule has 0 fully saturated rings. The number of aliphatic hydroxyl groups is 2. The maximum Gasteiger partial charge on any atom is 1.00 e. The molecule has 0 saturated heterocycles. The van der Waals surface area contributed by atoms with Crippen molar-refractivity contribution in [1.29, 1.82) is 0 Å². The summed E-state index contributed by atoms with van der Waals surface area (Å²) in [6.45, 7) is 1.19. The zero-order valence-electron chi connectivity index (χ0n) is 8.28. The van der Waals surface area contributed by atoms with Crippen molar-refractivity contribution in [3.8, 4) is 0 Å². The molecule has 2 N–H and O–H groups in total. The van der Waals surface area contributed by atoms with E-state index in [1.54, 1.807) is 0 Å². The minimum absolute atomic E-state index is 0. The van der Waals surface area contributed by atoms with E-state index in [2.05, 4.69) is 0 Å². The van der Waals surface area contributed by atoms with Crippen LogP contribution >= 0.6 is 7.60 Å². The average molecular weight is 242 g/mol. The van der Waals surface area contributed by atoms with Gasteiger partial charge in [0.15, 0.2) is 0 Å². The summed E-state index contributed by atoms with van der Waals surface area (Å²) in [6, 6.07) is 0. The Morgan fingerprint density at radius 1 is 1.29 bits per heavy atom. The Morgan fingerprint density at radius 3 is 1.86 bits per heavy atom. The van der Waals surface area contributed by atoms with Gasteiger partial charge in [-0.05, 0) is 7.60 Å². The fraction of sp³-hybridized carbons (Fsp3) is 0.800. The predicted molar refractivity (Wildman–Crippen MR) is 34.8 cm³/mol. The van der Waals surface area contributed by atoms with Gasteiger partial charge < -0.3 is 29.4 Å². The van der Waals surface area contributed by atoms with E-state index in [1.165, 1.54) is 6.92 Å². The second-order valence-corrected chi connectivity index (χ2v) is 4.05. The number of aliphatic hydroxyl groups excluding tert-OH is 2. The van der Waals surface area contributed by atoms with Gasteiger partial charge in [-0.15, -0.1) is 0 Å².